The number of pyridine rings is 1. The van der Waals surface area contributed by atoms with Crippen LogP contribution in [0, 0.1) is 0 Å². The lowest BCUT2D eigenvalue weighted by Crippen LogP contribution is -2.31. The highest BCUT2D eigenvalue weighted by Gasteiger charge is 2.22. The number of likely N-dealkylation sites (tertiary alicyclic amines) is 1. The molecule has 3 rings (SSSR count). The maximum atomic E-state index is 11.0. The number of rotatable bonds is 2. The predicted molar refractivity (Wildman–Crippen MR) is 67.8 cm³/mol. The van der Waals surface area contributed by atoms with Crippen molar-refractivity contribution >= 4 is 11.9 Å². The molecule has 5 heteroatoms. The zero-order valence-electron chi connectivity index (χ0n) is 10.4. The van der Waals surface area contributed by atoms with E-state index in [0.717, 1.165) is 37.3 Å². The van der Waals surface area contributed by atoms with E-state index in [9.17, 15) is 4.79 Å². The SMILES string of the molecule is CN1CCCC(c2nc3cccc(C=O)n3n2)C1. The highest BCUT2D eigenvalue weighted by Crippen LogP contribution is 2.24. The molecule has 1 atom stereocenters. The number of hydrogen-bond donors (Lipinski definition) is 0. The van der Waals surface area contributed by atoms with Crippen LogP contribution in [0.1, 0.15) is 35.1 Å². The largest absolute Gasteiger partial charge is 0.306 e. The van der Waals surface area contributed by atoms with E-state index in [1.807, 2.05) is 12.1 Å². The number of aromatic nitrogens is 3. The van der Waals surface area contributed by atoms with Crippen molar-refractivity contribution in [2.75, 3.05) is 20.1 Å². The van der Waals surface area contributed by atoms with Crippen LogP contribution in [-0.4, -0.2) is 45.9 Å². The first kappa shape index (κ1) is 11.3. The van der Waals surface area contributed by atoms with Crippen LogP contribution in [-0.2, 0) is 0 Å². The van der Waals surface area contributed by atoms with Crippen LogP contribution >= 0.6 is 0 Å². The molecule has 1 aliphatic rings. The van der Waals surface area contributed by atoms with Gasteiger partial charge in [0.2, 0.25) is 0 Å². The Morgan fingerprint density at radius 3 is 3.11 bits per heavy atom. The van der Waals surface area contributed by atoms with E-state index in [0.29, 0.717) is 11.6 Å². The molecular formula is C13H16N4O. The van der Waals surface area contributed by atoms with Crippen LogP contribution in [0.2, 0.25) is 0 Å². The number of aldehydes is 1. The summed E-state index contributed by atoms with van der Waals surface area (Å²) in [5, 5.41) is 4.49. The molecule has 0 aliphatic carbocycles. The predicted octanol–water partition coefficient (Wildman–Crippen LogP) is 1.35. The Labute approximate surface area is 105 Å². The lowest BCUT2D eigenvalue weighted by molar-refractivity contribution is 0.111. The zero-order valence-corrected chi connectivity index (χ0v) is 10.4. The lowest BCUT2D eigenvalue weighted by atomic mass is 9.98. The zero-order chi connectivity index (χ0) is 12.5. The van der Waals surface area contributed by atoms with Gasteiger partial charge in [0.1, 0.15) is 5.69 Å². The molecule has 0 aromatic carbocycles. The van der Waals surface area contributed by atoms with Gasteiger partial charge in [0.15, 0.2) is 17.8 Å². The molecule has 5 nitrogen and oxygen atoms in total. The normalized spacial score (nSPS) is 21.3. The van der Waals surface area contributed by atoms with Crippen LogP contribution in [0.4, 0.5) is 0 Å². The first-order chi connectivity index (χ1) is 8.78. The Bertz CT molecular complexity index is 577. The summed E-state index contributed by atoms with van der Waals surface area (Å²) in [4.78, 5) is 17.8. The molecular weight excluding hydrogens is 228 g/mol. The summed E-state index contributed by atoms with van der Waals surface area (Å²) in [5.41, 5.74) is 1.30. The van der Waals surface area contributed by atoms with Crippen LogP contribution in [0.25, 0.3) is 5.65 Å². The fraction of sp³-hybridized carbons (Fsp3) is 0.462. The molecule has 94 valence electrons. The van der Waals surface area contributed by atoms with Gasteiger partial charge in [0.05, 0.1) is 0 Å². The molecule has 0 radical (unpaired) electrons. The minimum atomic E-state index is 0.378. The number of nitrogens with zero attached hydrogens (tertiary/aromatic N) is 4. The summed E-state index contributed by atoms with van der Waals surface area (Å²) in [7, 11) is 2.12. The van der Waals surface area contributed by atoms with Gasteiger partial charge in [0, 0.05) is 12.5 Å². The van der Waals surface area contributed by atoms with Crippen molar-refractivity contribution in [3.63, 3.8) is 0 Å². The Hall–Kier alpha value is -1.75. The van der Waals surface area contributed by atoms with Crippen LogP contribution in [0.15, 0.2) is 18.2 Å². The topological polar surface area (TPSA) is 50.5 Å². The van der Waals surface area contributed by atoms with E-state index in [1.54, 1.807) is 10.6 Å². The Morgan fingerprint density at radius 2 is 2.33 bits per heavy atom. The number of likely N-dealkylation sites (N-methyl/N-ethyl adjacent to an activating group) is 1. The van der Waals surface area contributed by atoms with Gasteiger partial charge in [-0.05, 0) is 38.6 Å². The van der Waals surface area contributed by atoms with E-state index in [-0.39, 0.29) is 0 Å². The van der Waals surface area contributed by atoms with Gasteiger partial charge in [-0.15, -0.1) is 0 Å². The van der Waals surface area contributed by atoms with E-state index in [1.165, 1.54) is 6.42 Å². The second-order valence-electron chi connectivity index (χ2n) is 4.91. The van der Waals surface area contributed by atoms with Crippen molar-refractivity contribution in [1.82, 2.24) is 19.5 Å². The maximum absolute atomic E-state index is 11.0. The molecule has 0 saturated carbocycles. The molecule has 1 saturated heterocycles. The summed E-state index contributed by atoms with van der Waals surface area (Å²) in [6, 6.07) is 5.48. The molecule has 0 spiro atoms. The van der Waals surface area contributed by atoms with Gasteiger partial charge in [-0.2, -0.15) is 5.10 Å². The second-order valence-corrected chi connectivity index (χ2v) is 4.91. The molecule has 2 aromatic rings. The number of hydrogen-bond acceptors (Lipinski definition) is 4. The molecule has 2 aromatic heterocycles. The molecule has 1 unspecified atom stereocenters. The van der Waals surface area contributed by atoms with E-state index < -0.39 is 0 Å². The summed E-state index contributed by atoms with van der Waals surface area (Å²) >= 11 is 0. The fourth-order valence-electron chi connectivity index (χ4n) is 2.58. The Morgan fingerprint density at radius 1 is 1.44 bits per heavy atom. The summed E-state index contributed by atoms with van der Waals surface area (Å²) < 4.78 is 1.64. The third kappa shape index (κ3) is 1.90. The van der Waals surface area contributed by atoms with E-state index in [2.05, 4.69) is 22.0 Å². The Balaban J connectivity index is 2.00. The van der Waals surface area contributed by atoms with Crippen LogP contribution < -0.4 is 0 Å². The molecule has 1 fully saturated rings. The summed E-state index contributed by atoms with van der Waals surface area (Å²) in [5.74, 6) is 1.24. The van der Waals surface area contributed by atoms with Crippen molar-refractivity contribution < 1.29 is 4.79 Å². The maximum Gasteiger partial charge on any atom is 0.168 e. The fourth-order valence-corrected chi connectivity index (χ4v) is 2.58. The van der Waals surface area contributed by atoms with Crippen molar-refractivity contribution in [1.29, 1.82) is 0 Å². The molecule has 0 N–H and O–H groups in total. The molecule has 0 bridgehead atoms. The van der Waals surface area contributed by atoms with Crippen molar-refractivity contribution in [2.24, 2.45) is 0 Å². The number of piperidine rings is 1. The summed E-state index contributed by atoms with van der Waals surface area (Å²) in [6.45, 7) is 2.14. The summed E-state index contributed by atoms with van der Waals surface area (Å²) in [6.07, 6.45) is 3.12. The van der Waals surface area contributed by atoms with Gasteiger partial charge < -0.3 is 4.90 Å². The third-order valence-corrected chi connectivity index (χ3v) is 3.52. The first-order valence-corrected chi connectivity index (χ1v) is 6.27. The van der Waals surface area contributed by atoms with Crippen molar-refractivity contribution in [2.45, 2.75) is 18.8 Å². The quantitative estimate of drug-likeness (QED) is 0.748. The molecule has 0 amide bonds. The highest BCUT2D eigenvalue weighted by molar-refractivity contribution is 5.73. The van der Waals surface area contributed by atoms with Gasteiger partial charge in [-0.3, -0.25) is 4.79 Å². The van der Waals surface area contributed by atoms with Crippen LogP contribution in [0.3, 0.4) is 0 Å². The average Bonchev–Trinajstić information content (AvgIpc) is 2.82. The van der Waals surface area contributed by atoms with Gasteiger partial charge in [0.25, 0.3) is 0 Å². The van der Waals surface area contributed by atoms with Gasteiger partial charge in [-0.25, -0.2) is 9.50 Å². The van der Waals surface area contributed by atoms with Crippen molar-refractivity contribution in [3.8, 4) is 0 Å². The molecule has 3 heterocycles. The minimum absolute atomic E-state index is 0.378. The lowest BCUT2D eigenvalue weighted by Gasteiger charge is -2.27. The first-order valence-electron chi connectivity index (χ1n) is 6.27. The monoisotopic (exact) mass is 244 g/mol. The minimum Gasteiger partial charge on any atom is -0.306 e. The smallest absolute Gasteiger partial charge is 0.168 e. The van der Waals surface area contributed by atoms with Gasteiger partial charge >= 0.3 is 0 Å². The number of carbonyl (C=O) groups is 1. The standard InChI is InChI=1S/C13H16N4O/c1-16-7-3-4-10(8-16)13-14-12-6-2-5-11(9-18)17(12)15-13/h2,5-6,9-10H,3-4,7-8H2,1H3. The second kappa shape index (κ2) is 4.49. The third-order valence-electron chi connectivity index (χ3n) is 3.52. The van der Waals surface area contributed by atoms with E-state index in [4.69, 9.17) is 0 Å². The highest BCUT2D eigenvalue weighted by atomic mass is 16.1. The molecule has 18 heavy (non-hydrogen) atoms. The Kier molecular flexibility index (Phi) is 2.83. The number of carbonyl (C=O) groups excluding carboxylic acids is 1. The number of fused-ring (bicyclic) bond motifs is 1. The van der Waals surface area contributed by atoms with Crippen LogP contribution in [0.5, 0.6) is 0 Å². The van der Waals surface area contributed by atoms with Crippen molar-refractivity contribution in [3.05, 3.63) is 29.7 Å². The molecule has 1 aliphatic heterocycles. The van der Waals surface area contributed by atoms with E-state index >= 15 is 0 Å². The van der Waals surface area contributed by atoms with Gasteiger partial charge in [-0.1, -0.05) is 6.07 Å². The average molecular weight is 244 g/mol.